The van der Waals surface area contributed by atoms with Crippen molar-refractivity contribution in [2.24, 2.45) is 0 Å². The molecule has 2 aromatic carbocycles. The lowest BCUT2D eigenvalue weighted by Crippen LogP contribution is -2.39. The summed E-state index contributed by atoms with van der Waals surface area (Å²) in [5.41, 5.74) is 1.02. The van der Waals surface area contributed by atoms with Crippen LogP contribution in [0.4, 0.5) is 13.2 Å². The Morgan fingerprint density at radius 3 is 2.28 bits per heavy atom. The van der Waals surface area contributed by atoms with Crippen molar-refractivity contribution in [2.45, 2.75) is 44.6 Å². The SMILES string of the molecule is CCCN(CC(C)Oc1cccc(C)c1)S(=O)(=O)c1ccc(OC(F)(F)F)cc1. The number of rotatable bonds is 9. The summed E-state index contributed by atoms with van der Waals surface area (Å²) in [5, 5.41) is 0. The molecule has 0 aliphatic rings. The maximum absolute atomic E-state index is 13.0. The van der Waals surface area contributed by atoms with Crippen molar-refractivity contribution in [3.63, 3.8) is 0 Å². The van der Waals surface area contributed by atoms with Crippen molar-refractivity contribution in [2.75, 3.05) is 13.1 Å². The van der Waals surface area contributed by atoms with E-state index in [0.717, 1.165) is 29.8 Å². The molecule has 0 saturated heterocycles. The molecule has 0 bridgehead atoms. The number of hydrogen-bond acceptors (Lipinski definition) is 4. The molecule has 1 atom stereocenters. The molecule has 0 aliphatic carbocycles. The van der Waals surface area contributed by atoms with Gasteiger partial charge in [0.1, 0.15) is 17.6 Å². The summed E-state index contributed by atoms with van der Waals surface area (Å²) in [6, 6.07) is 11.6. The number of alkyl halides is 3. The zero-order chi connectivity index (χ0) is 21.7. The van der Waals surface area contributed by atoms with Gasteiger partial charge in [0, 0.05) is 6.54 Å². The van der Waals surface area contributed by atoms with Crippen molar-refractivity contribution in [1.29, 1.82) is 0 Å². The second-order valence-corrected chi connectivity index (χ2v) is 8.57. The van der Waals surface area contributed by atoms with Crippen LogP contribution in [0, 0.1) is 6.92 Å². The van der Waals surface area contributed by atoms with E-state index in [1.54, 1.807) is 13.0 Å². The summed E-state index contributed by atoms with van der Waals surface area (Å²) in [5.74, 6) is 0.162. The van der Waals surface area contributed by atoms with Crippen molar-refractivity contribution in [1.82, 2.24) is 4.31 Å². The second-order valence-electron chi connectivity index (χ2n) is 6.63. The van der Waals surface area contributed by atoms with Gasteiger partial charge >= 0.3 is 6.36 Å². The van der Waals surface area contributed by atoms with Crippen LogP contribution in [0.2, 0.25) is 0 Å². The largest absolute Gasteiger partial charge is 0.573 e. The first kappa shape index (κ1) is 23.0. The maximum Gasteiger partial charge on any atom is 0.573 e. The molecule has 29 heavy (non-hydrogen) atoms. The molecular formula is C20H24F3NO4S. The Kier molecular flexibility index (Phi) is 7.54. The molecule has 0 fully saturated rings. The predicted molar refractivity (Wildman–Crippen MR) is 103 cm³/mol. The van der Waals surface area contributed by atoms with E-state index in [2.05, 4.69) is 4.74 Å². The molecule has 0 saturated carbocycles. The van der Waals surface area contributed by atoms with Gasteiger partial charge in [0.05, 0.1) is 11.4 Å². The van der Waals surface area contributed by atoms with Crippen molar-refractivity contribution >= 4 is 10.0 Å². The highest BCUT2D eigenvalue weighted by Crippen LogP contribution is 2.25. The quantitative estimate of drug-likeness (QED) is 0.574. The van der Waals surface area contributed by atoms with E-state index >= 15 is 0 Å². The minimum atomic E-state index is -4.84. The summed E-state index contributed by atoms with van der Waals surface area (Å²) in [6.07, 6.45) is -4.69. The number of benzene rings is 2. The molecule has 2 rings (SSSR count). The number of halogens is 3. The third-order valence-corrected chi connectivity index (χ3v) is 5.84. The Hall–Kier alpha value is -2.26. The predicted octanol–water partition coefficient (Wildman–Crippen LogP) is 4.76. The topological polar surface area (TPSA) is 55.8 Å². The highest BCUT2D eigenvalue weighted by molar-refractivity contribution is 7.89. The Labute approximate surface area is 169 Å². The lowest BCUT2D eigenvalue weighted by Gasteiger charge is -2.25. The van der Waals surface area contributed by atoms with E-state index in [9.17, 15) is 21.6 Å². The van der Waals surface area contributed by atoms with Gasteiger partial charge in [0.25, 0.3) is 0 Å². The molecule has 0 amide bonds. The fourth-order valence-electron chi connectivity index (χ4n) is 2.77. The lowest BCUT2D eigenvalue weighted by molar-refractivity contribution is -0.274. The molecule has 2 aromatic rings. The Morgan fingerprint density at radius 2 is 1.72 bits per heavy atom. The van der Waals surface area contributed by atoms with Gasteiger partial charge in [0.2, 0.25) is 10.0 Å². The first-order valence-corrected chi connectivity index (χ1v) is 10.5. The van der Waals surface area contributed by atoms with Crippen molar-refractivity contribution in [3.05, 3.63) is 54.1 Å². The van der Waals surface area contributed by atoms with E-state index in [0.29, 0.717) is 12.2 Å². The van der Waals surface area contributed by atoms with E-state index in [-0.39, 0.29) is 18.0 Å². The van der Waals surface area contributed by atoms with E-state index in [4.69, 9.17) is 4.74 Å². The van der Waals surface area contributed by atoms with Gasteiger partial charge in [-0.15, -0.1) is 13.2 Å². The number of ether oxygens (including phenoxy) is 2. The highest BCUT2D eigenvalue weighted by Gasteiger charge is 2.31. The molecule has 0 aliphatic heterocycles. The number of nitrogens with zero attached hydrogens (tertiary/aromatic N) is 1. The summed E-state index contributed by atoms with van der Waals surface area (Å²) in [6.45, 7) is 5.89. The average molecular weight is 431 g/mol. The first-order chi connectivity index (χ1) is 13.5. The molecule has 0 radical (unpaired) electrons. The minimum absolute atomic E-state index is 0.102. The van der Waals surface area contributed by atoms with Crippen LogP contribution in [0.3, 0.4) is 0 Å². The van der Waals surface area contributed by atoms with Crippen LogP contribution in [0.15, 0.2) is 53.4 Å². The average Bonchev–Trinajstić information content (AvgIpc) is 2.60. The zero-order valence-electron chi connectivity index (χ0n) is 16.4. The fourth-order valence-corrected chi connectivity index (χ4v) is 4.37. The molecule has 5 nitrogen and oxygen atoms in total. The second kappa shape index (κ2) is 9.49. The Bertz CT molecular complexity index is 899. The minimum Gasteiger partial charge on any atom is -0.489 e. The summed E-state index contributed by atoms with van der Waals surface area (Å²) in [4.78, 5) is -0.108. The van der Waals surface area contributed by atoms with Crippen LogP contribution in [0.5, 0.6) is 11.5 Å². The van der Waals surface area contributed by atoms with Crippen LogP contribution >= 0.6 is 0 Å². The van der Waals surface area contributed by atoms with Crippen molar-refractivity contribution < 1.29 is 31.1 Å². The van der Waals surface area contributed by atoms with Gasteiger partial charge in [-0.3, -0.25) is 0 Å². The van der Waals surface area contributed by atoms with Gasteiger partial charge < -0.3 is 9.47 Å². The third-order valence-electron chi connectivity index (χ3n) is 3.96. The van der Waals surface area contributed by atoms with Gasteiger partial charge in [-0.2, -0.15) is 4.31 Å². The third kappa shape index (κ3) is 6.93. The van der Waals surface area contributed by atoms with E-state index < -0.39 is 28.2 Å². The van der Waals surface area contributed by atoms with Crippen LogP contribution in [0.1, 0.15) is 25.8 Å². The molecule has 0 spiro atoms. The Morgan fingerprint density at radius 1 is 1.07 bits per heavy atom. The summed E-state index contributed by atoms with van der Waals surface area (Å²) < 4.78 is 73.7. The van der Waals surface area contributed by atoms with E-state index in [1.807, 2.05) is 32.0 Å². The van der Waals surface area contributed by atoms with Crippen LogP contribution in [-0.4, -0.2) is 38.3 Å². The van der Waals surface area contributed by atoms with Crippen LogP contribution in [-0.2, 0) is 10.0 Å². The van der Waals surface area contributed by atoms with Gasteiger partial charge in [0.15, 0.2) is 0 Å². The number of hydrogen-bond donors (Lipinski definition) is 0. The molecule has 0 N–H and O–H groups in total. The molecule has 0 heterocycles. The molecule has 160 valence electrons. The van der Waals surface area contributed by atoms with Gasteiger partial charge in [-0.05, 0) is 62.2 Å². The number of aryl methyl sites for hydroxylation is 1. The van der Waals surface area contributed by atoms with Crippen LogP contribution < -0.4 is 9.47 Å². The summed E-state index contributed by atoms with van der Waals surface area (Å²) >= 11 is 0. The highest BCUT2D eigenvalue weighted by atomic mass is 32.2. The smallest absolute Gasteiger partial charge is 0.489 e. The maximum atomic E-state index is 13.0. The first-order valence-electron chi connectivity index (χ1n) is 9.10. The molecule has 0 aromatic heterocycles. The van der Waals surface area contributed by atoms with Crippen molar-refractivity contribution in [3.8, 4) is 11.5 Å². The lowest BCUT2D eigenvalue weighted by atomic mass is 10.2. The van der Waals surface area contributed by atoms with Crippen LogP contribution in [0.25, 0.3) is 0 Å². The molecule has 9 heteroatoms. The Balaban J connectivity index is 2.15. The molecular weight excluding hydrogens is 407 g/mol. The zero-order valence-corrected chi connectivity index (χ0v) is 17.3. The van der Waals surface area contributed by atoms with Gasteiger partial charge in [-0.25, -0.2) is 8.42 Å². The normalized spacial score (nSPS) is 13.3. The fraction of sp³-hybridized carbons (Fsp3) is 0.400. The standard InChI is InChI=1S/C20H24F3NO4S/c1-4-12-24(14-16(3)27-18-7-5-6-15(2)13-18)29(25,26)19-10-8-17(9-11-19)28-20(21,22)23/h5-11,13,16H,4,12,14H2,1-3H3. The number of sulfonamides is 1. The monoisotopic (exact) mass is 431 g/mol. The molecule has 1 unspecified atom stereocenters. The summed E-state index contributed by atoms with van der Waals surface area (Å²) in [7, 11) is -3.90. The van der Waals surface area contributed by atoms with E-state index in [1.165, 1.54) is 4.31 Å². The van der Waals surface area contributed by atoms with Gasteiger partial charge in [-0.1, -0.05) is 19.1 Å².